The van der Waals surface area contributed by atoms with E-state index in [0.29, 0.717) is 32.9 Å². The summed E-state index contributed by atoms with van der Waals surface area (Å²) in [5, 5.41) is 7.61. The zero-order valence-electron chi connectivity index (χ0n) is 21.2. The second-order valence-corrected chi connectivity index (χ2v) is 13.6. The van der Waals surface area contributed by atoms with E-state index in [1.165, 1.54) is 42.5 Å². The molecule has 5 N–H and O–H groups in total. The van der Waals surface area contributed by atoms with Crippen molar-refractivity contribution in [2.45, 2.75) is 14.7 Å². The predicted octanol–water partition coefficient (Wildman–Crippen LogP) is 4.93. The van der Waals surface area contributed by atoms with Gasteiger partial charge in [0, 0.05) is 11.4 Å². The molecule has 0 fully saturated rings. The lowest BCUT2D eigenvalue weighted by atomic mass is 10.1. The van der Waals surface area contributed by atoms with Crippen LogP contribution in [0.1, 0.15) is 0 Å². The van der Waals surface area contributed by atoms with Crippen molar-refractivity contribution >= 4 is 74.9 Å². The molecule has 42 heavy (non-hydrogen) atoms. The second kappa shape index (κ2) is 10.7. The molecule has 12 nitrogen and oxygen atoms in total. The maximum Gasteiger partial charge on any atom is 0.323 e. The largest absolute Gasteiger partial charge is 0.323 e. The molecule has 0 saturated carbocycles. The van der Waals surface area contributed by atoms with Gasteiger partial charge in [0.15, 0.2) is 0 Å². The van der Waals surface area contributed by atoms with Gasteiger partial charge in [0.2, 0.25) is 0 Å². The Kier molecular flexibility index (Phi) is 7.38. The average molecular weight is 628 g/mol. The van der Waals surface area contributed by atoms with Crippen molar-refractivity contribution in [3.05, 3.63) is 97.1 Å². The summed E-state index contributed by atoms with van der Waals surface area (Å²) in [6.07, 6.45) is 0. The van der Waals surface area contributed by atoms with Gasteiger partial charge in [-0.05, 0) is 88.3 Å². The van der Waals surface area contributed by atoms with Gasteiger partial charge in [-0.3, -0.25) is 13.8 Å². The third-order valence-electron chi connectivity index (χ3n) is 6.13. The summed E-state index contributed by atoms with van der Waals surface area (Å²) in [5.74, 6) is 0. The van der Waals surface area contributed by atoms with Crippen LogP contribution in [0.25, 0.3) is 21.5 Å². The minimum Gasteiger partial charge on any atom is -0.308 e. The van der Waals surface area contributed by atoms with Crippen LogP contribution in [-0.2, 0) is 30.3 Å². The van der Waals surface area contributed by atoms with Crippen LogP contribution in [0.15, 0.2) is 112 Å². The van der Waals surface area contributed by atoms with Gasteiger partial charge in [-0.2, -0.15) is 16.8 Å². The summed E-state index contributed by atoms with van der Waals surface area (Å²) < 4.78 is 92.5. The third-order valence-corrected chi connectivity index (χ3v) is 9.21. The van der Waals surface area contributed by atoms with Crippen molar-refractivity contribution in [3.8, 4) is 0 Å². The molecule has 0 aliphatic carbocycles. The minimum atomic E-state index is -4.53. The summed E-state index contributed by atoms with van der Waals surface area (Å²) in [7, 11) is -13.1. The first kappa shape index (κ1) is 29.0. The molecule has 0 atom stereocenters. The molecule has 15 heteroatoms. The summed E-state index contributed by atoms with van der Waals surface area (Å²) >= 11 is 0. The summed E-state index contributed by atoms with van der Waals surface area (Å²) in [6.45, 7) is 0. The Hall–Kier alpha value is -4.54. The van der Waals surface area contributed by atoms with Crippen LogP contribution in [0.5, 0.6) is 0 Å². The first-order valence-corrected chi connectivity index (χ1v) is 16.3. The smallest absolute Gasteiger partial charge is 0.308 e. The van der Waals surface area contributed by atoms with E-state index in [1.54, 1.807) is 42.5 Å². The number of hydrogen-bond acceptors (Lipinski definition) is 7. The molecule has 0 bridgehead atoms. The normalized spacial score (nSPS) is 12.2. The highest BCUT2D eigenvalue weighted by atomic mass is 32.2. The Morgan fingerprint density at radius 3 is 1.52 bits per heavy atom. The van der Waals surface area contributed by atoms with Gasteiger partial charge < -0.3 is 10.6 Å². The van der Waals surface area contributed by atoms with E-state index in [2.05, 4.69) is 15.4 Å². The number of carbonyl (C=O) groups excluding carboxylic acids is 1. The first-order valence-electron chi connectivity index (χ1n) is 11.9. The Labute approximate surface area is 240 Å². The van der Waals surface area contributed by atoms with E-state index in [-0.39, 0.29) is 15.5 Å². The Balaban J connectivity index is 1.34. The highest BCUT2D eigenvalue weighted by Gasteiger charge is 2.17. The summed E-state index contributed by atoms with van der Waals surface area (Å²) in [4.78, 5) is 11.8. The topological polar surface area (TPSA) is 196 Å². The van der Waals surface area contributed by atoms with Gasteiger partial charge in [0.25, 0.3) is 30.3 Å². The van der Waals surface area contributed by atoms with E-state index in [0.717, 1.165) is 12.1 Å². The summed E-state index contributed by atoms with van der Waals surface area (Å²) in [5.41, 5.74) is 0.629. The number of benzene rings is 5. The Morgan fingerprint density at radius 2 is 0.976 bits per heavy atom. The number of rotatable bonds is 7. The van der Waals surface area contributed by atoms with E-state index < -0.39 is 41.2 Å². The van der Waals surface area contributed by atoms with Crippen molar-refractivity contribution in [2.24, 2.45) is 0 Å². The lowest BCUT2D eigenvalue weighted by Gasteiger charge is -2.11. The van der Waals surface area contributed by atoms with Crippen LogP contribution in [0, 0.1) is 0 Å². The molecule has 0 aromatic heterocycles. The van der Waals surface area contributed by atoms with Crippen LogP contribution >= 0.6 is 0 Å². The number of nitrogens with one attached hydrogen (secondary N) is 3. The monoisotopic (exact) mass is 627 g/mol. The van der Waals surface area contributed by atoms with E-state index in [4.69, 9.17) is 0 Å². The fourth-order valence-corrected chi connectivity index (χ4v) is 6.29. The maximum absolute atomic E-state index is 13.0. The number of hydrogen-bond donors (Lipinski definition) is 5. The zero-order chi connectivity index (χ0) is 30.3. The molecule has 0 saturated heterocycles. The number of amides is 2. The Morgan fingerprint density at radius 1 is 0.500 bits per heavy atom. The second-order valence-electron chi connectivity index (χ2n) is 9.11. The molecule has 5 aromatic rings. The van der Waals surface area contributed by atoms with Crippen molar-refractivity contribution in [3.63, 3.8) is 0 Å². The van der Waals surface area contributed by atoms with Crippen molar-refractivity contribution in [2.75, 3.05) is 15.4 Å². The fourth-order valence-electron chi connectivity index (χ4n) is 4.16. The highest BCUT2D eigenvalue weighted by molar-refractivity contribution is 7.92. The number of urea groups is 1. The number of sulfonamides is 1. The molecule has 0 radical (unpaired) electrons. The van der Waals surface area contributed by atoms with Gasteiger partial charge >= 0.3 is 6.03 Å². The molecular weight excluding hydrogens is 607 g/mol. The molecule has 5 rings (SSSR count). The molecule has 0 heterocycles. The van der Waals surface area contributed by atoms with Gasteiger partial charge in [-0.15, -0.1) is 0 Å². The van der Waals surface area contributed by atoms with E-state index in [9.17, 15) is 39.2 Å². The molecule has 0 spiro atoms. The summed E-state index contributed by atoms with van der Waals surface area (Å²) in [6, 6.07) is 22.2. The van der Waals surface area contributed by atoms with Crippen LogP contribution in [0.2, 0.25) is 0 Å². The minimum absolute atomic E-state index is 0.0693. The van der Waals surface area contributed by atoms with Crippen molar-refractivity contribution < 1.29 is 39.2 Å². The average Bonchev–Trinajstić information content (AvgIpc) is 2.91. The fraction of sp³-hybridized carbons (Fsp3) is 0. The molecule has 2 amide bonds. The third kappa shape index (κ3) is 6.50. The lowest BCUT2D eigenvalue weighted by Crippen LogP contribution is -2.19. The standard InChI is InChI=1S/C27H21N3O9S3/c31-27(29-22-9-5-18-7-11-26(42(37,38)39)15-20(18)13-22)28-21-8-4-17-6-10-24(14-19(17)12-21)40(32,33)30-23-2-1-3-25(16-23)41(34,35)36/h1-16,30H,(H2,28,29,31)(H,34,35,36)(H,37,38,39). The molecular formula is C27H21N3O9S3. The quantitative estimate of drug-likeness (QED) is 0.155. The van der Waals surface area contributed by atoms with E-state index in [1.807, 2.05) is 0 Å². The molecule has 216 valence electrons. The van der Waals surface area contributed by atoms with Crippen LogP contribution in [-0.4, -0.2) is 40.4 Å². The molecule has 0 aliphatic heterocycles. The molecule has 0 unspecified atom stereocenters. The van der Waals surface area contributed by atoms with Crippen LogP contribution in [0.3, 0.4) is 0 Å². The van der Waals surface area contributed by atoms with Gasteiger partial charge in [0.05, 0.1) is 20.4 Å². The highest BCUT2D eigenvalue weighted by Crippen LogP contribution is 2.26. The SMILES string of the molecule is O=C(Nc1ccc2ccc(S(=O)(=O)O)cc2c1)Nc1ccc2ccc(S(=O)(=O)Nc3cccc(S(=O)(=O)O)c3)cc2c1. The van der Waals surface area contributed by atoms with Gasteiger partial charge in [-0.25, -0.2) is 13.2 Å². The number of fused-ring (bicyclic) bond motifs is 2. The van der Waals surface area contributed by atoms with Crippen LogP contribution in [0.4, 0.5) is 21.9 Å². The van der Waals surface area contributed by atoms with Gasteiger partial charge in [0.1, 0.15) is 0 Å². The van der Waals surface area contributed by atoms with Crippen LogP contribution < -0.4 is 15.4 Å². The van der Waals surface area contributed by atoms with E-state index >= 15 is 0 Å². The van der Waals surface area contributed by atoms with Crippen molar-refractivity contribution in [1.29, 1.82) is 0 Å². The Bertz CT molecular complexity index is 2220. The lowest BCUT2D eigenvalue weighted by molar-refractivity contribution is 0.262. The number of anilines is 3. The number of carbonyl (C=O) groups is 1. The zero-order valence-corrected chi connectivity index (χ0v) is 23.7. The predicted molar refractivity (Wildman–Crippen MR) is 157 cm³/mol. The van der Waals surface area contributed by atoms with Crippen molar-refractivity contribution in [1.82, 2.24) is 0 Å². The maximum atomic E-state index is 13.0. The van der Waals surface area contributed by atoms with Gasteiger partial charge in [-0.1, -0.05) is 30.3 Å². The molecule has 5 aromatic carbocycles. The first-order chi connectivity index (χ1) is 19.7. The molecule has 0 aliphatic rings.